The average molecular weight is 365 g/mol. The summed E-state index contributed by atoms with van der Waals surface area (Å²) >= 11 is 0. The minimum absolute atomic E-state index is 0.210. The summed E-state index contributed by atoms with van der Waals surface area (Å²) < 4.78 is 10.1. The van der Waals surface area contributed by atoms with E-state index in [0.29, 0.717) is 45.4 Å². The zero-order valence-electron chi connectivity index (χ0n) is 15.9. The van der Waals surface area contributed by atoms with Crippen LogP contribution in [0.3, 0.4) is 0 Å². The van der Waals surface area contributed by atoms with E-state index in [1.165, 1.54) is 0 Å². The van der Waals surface area contributed by atoms with Gasteiger partial charge in [0.2, 0.25) is 5.91 Å². The van der Waals surface area contributed by atoms with Gasteiger partial charge in [0, 0.05) is 18.5 Å². The highest BCUT2D eigenvalue weighted by Gasteiger charge is 2.75. The van der Waals surface area contributed by atoms with E-state index in [9.17, 15) is 19.2 Å². The highest BCUT2D eigenvalue weighted by molar-refractivity contribution is 6.11. The summed E-state index contributed by atoms with van der Waals surface area (Å²) in [6, 6.07) is 0. The molecule has 7 heteroatoms. The van der Waals surface area contributed by atoms with Gasteiger partial charge in [-0.3, -0.25) is 19.2 Å². The Morgan fingerprint density at radius 1 is 1.12 bits per heavy atom. The fourth-order valence-corrected chi connectivity index (χ4v) is 4.84. The summed E-state index contributed by atoms with van der Waals surface area (Å²) in [5, 5.41) is 0. The molecule has 1 saturated carbocycles. The number of esters is 3. The van der Waals surface area contributed by atoms with Crippen molar-refractivity contribution in [2.75, 3.05) is 19.7 Å². The van der Waals surface area contributed by atoms with E-state index in [1.807, 2.05) is 13.8 Å². The maximum Gasteiger partial charge on any atom is 0.329 e. The molecule has 7 nitrogen and oxygen atoms in total. The van der Waals surface area contributed by atoms with Gasteiger partial charge in [0.25, 0.3) is 0 Å². The molecule has 1 aliphatic carbocycles. The van der Waals surface area contributed by atoms with Crippen molar-refractivity contribution in [1.29, 1.82) is 0 Å². The van der Waals surface area contributed by atoms with Crippen molar-refractivity contribution in [3.8, 4) is 0 Å². The molecule has 0 N–H and O–H groups in total. The van der Waals surface area contributed by atoms with Crippen molar-refractivity contribution in [1.82, 2.24) is 4.90 Å². The summed E-state index contributed by atoms with van der Waals surface area (Å²) in [6.45, 7) is 8.34. The quantitative estimate of drug-likeness (QED) is 0.558. The Labute approximate surface area is 153 Å². The molecule has 0 aromatic rings. The van der Waals surface area contributed by atoms with Crippen LogP contribution >= 0.6 is 0 Å². The Morgan fingerprint density at radius 3 is 2.31 bits per heavy atom. The number of cyclic esters (lactones) is 2. The molecule has 2 atom stereocenters. The lowest BCUT2D eigenvalue weighted by atomic mass is 9.56. The number of likely N-dealkylation sites (tertiary alicyclic amines) is 1. The van der Waals surface area contributed by atoms with Crippen LogP contribution in [0.1, 0.15) is 53.4 Å². The smallest absolute Gasteiger partial charge is 0.329 e. The molecule has 2 bridgehead atoms. The summed E-state index contributed by atoms with van der Waals surface area (Å²) in [5.74, 6) is -1.96. The molecule has 2 heterocycles. The first-order chi connectivity index (χ1) is 12.1. The van der Waals surface area contributed by atoms with Crippen molar-refractivity contribution in [2.45, 2.75) is 53.4 Å². The molecule has 1 amide bonds. The van der Waals surface area contributed by atoms with Crippen LogP contribution in [0.5, 0.6) is 0 Å². The number of nitrogens with zero attached hydrogens (tertiary/aromatic N) is 1. The highest BCUT2D eigenvalue weighted by atomic mass is 16.6. The molecule has 3 aliphatic rings. The maximum atomic E-state index is 13.4. The van der Waals surface area contributed by atoms with Crippen LogP contribution in [-0.2, 0) is 28.7 Å². The van der Waals surface area contributed by atoms with Crippen molar-refractivity contribution in [2.24, 2.45) is 22.2 Å². The molecule has 0 aromatic heterocycles. The molecular formula is C19H27NO6. The zero-order chi connectivity index (χ0) is 19.3. The number of carbonyl (C=O) groups is 4. The van der Waals surface area contributed by atoms with Gasteiger partial charge in [0.1, 0.15) is 0 Å². The van der Waals surface area contributed by atoms with Gasteiger partial charge in [-0.2, -0.15) is 0 Å². The van der Waals surface area contributed by atoms with Gasteiger partial charge in [-0.05, 0) is 39.5 Å². The lowest BCUT2D eigenvalue weighted by molar-refractivity contribution is -0.199. The first-order valence-corrected chi connectivity index (χ1v) is 9.34. The first-order valence-electron chi connectivity index (χ1n) is 9.34. The van der Waals surface area contributed by atoms with Gasteiger partial charge in [-0.1, -0.05) is 13.8 Å². The lowest BCUT2D eigenvalue weighted by Gasteiger charge is -2.50. The largest absolute Gasteiger partial charge is 0.466 e. The monoisotopic (exact) mass is 365 g/mol. The molecule has 2 saturated heterocycles. The van der Waals surface area contributed by atoms with Crippen LogP contribution in [0.25, 0.3) is 0 Å². The number of hydrogen-bond acceptors (Lipinski definition) is 6. The standard InChI is InChI=1S/C19H27NO6/c1-5-25-13(21)12-6-10-20(11-7-12)14(22)19-9-8-18(4,17(19,2)3)15(23)26-16(19)24/h12H,5-11H2,1-4H3. The molecular weight excluding hydrogens is 338 g/mol. The number of hydrogen-bond donors (Lipinski definition) is 0. The van der Waals surface area contributed by atoms with E-state index in [-0.39, 0.29) is 17.8 Å². The van der Waals surface area contributed by atoms with Crippen LogP contribution in [-0.4, -0.2) is 48.4 Å². The van der Waals surface area contributed by atoms with Gasteiger partial charge in [0.15, 0.2) is 5.41 Å². The van der Waals surface area contributed by atoms with Gasteiger partial charge in [-0.25, -0.2) is 0 Å². The molecule has 2 aliphatic heterocycles. The molecule has 3 fully saturated rings. The second kappa shape index (κ2) is 6.06. The molecule has 0 aromatic carbocycles. The maximum absolute atomic E-state index is 13.4. The van der Waals surface area contributed by atoms with Crippen LogP contribution in [0.15, 0.2) is 0 Å². The van der Waals surface area contributed by atoms with Crippen LogP contribution in [0.2, 0.25) is 0 Å². The summed E-state index contributed by atoms with van der Waals surface area (Å²) in [5.41, 5.74) is -2.99. The van der Waals surface area contributed by atoms with Gasteiger partial charge >= 0.3 is 17.9 Å². The van der Waals surface area contributed by atoms with E-state index >= 15 is 0 Å². The summed E-state index contributed by atoms with van der Waals surface area (Å²) in [6.07, 6.45) is 1.81. The Kier molecular flexibility index (Phi) is 4.40. The summed E-state index contributed by atoms with van der Waals surface area (Å²) in [4.78, 5) is 52.0. The van der Waals surface area contributed by atoms with Crippen LogP contribution in [0.4, 0.5) is 0 Å². The third kappa shape index (κ3) is 2.25. The third-order valence-corrected chi connectivity index (χ3v) is 7.20. The Morgan fingerprint density at radius 2 is 1.73 bits per heavy atom. The number of fused-ring (bicyclic) bond motifs is 2. The van der Waals surface area contributed by atoms with Crippen molar-refractivity contribution < 1.29 is 28.7 Å². The molecule has 0 spiro atoms. The molecule has 2 unspecified atom stereocenters. The fraction of sp³-hybridized carbons (Fsp3) is 0.789. The van der Waals surface area contributed by atoms with E-state index in [1.54, 1.807) is 18.7 Å². The number of rotatable bonds is 3. The minimum Gasteiger partial charge on any atom is -0.466 e. The lowest BCUT2D eigenvalue weighted by Crippen LogP contribution is -2.63. The minimum atomic E-state index is -1.33. The van der Waals surface area contributed by atoms with Crippen molar-refractivity contribution >= 4 is 23.8 Å². The van der Waals surface area contributed by atoms with Gasteiger partial charge in [-0.15, -0.1) is 0 Å². The number of amides is 1. The number of ether oxygens (including phenoxy) is 2. The number of piperidine rings is 1. The molecule has 144 valence electrons. The Bertz CT molecular complexity index is 663. The Hall–Kier alpha value is -1.92. The topological polar surface area (TPSA) is 90.0 Å². The first kappa shape index (κ1) is 18.9. The predicted octanol–water partition coefficient (Wildman–Crippen LogP) is 1.68. The Balaban J connectivity index is 1.81. The normalized spacial score (nSPS) is 33.8. The molecule has 26 heavy (non-hydrogen) atoms. The van der Waals surface area contributed by atoms with Crippen molar-refractivity contribution in [3.63, 3.8) is 0 Å². The third-order valence-electron chi connectivity index (χ3n) is 7.20. The van der Waals surface area contributed by atoms with E-state index in [4.69, 9.17) is 9.47 Å². The molecule has 0 radical (unpaired) electrons. The number of carbonyl (C=O) groups excluding carboxylic acids is 4. The van der Waals surface area contributed by atoms with Crippen LogP contribution in [0, 0.1) is 22.2 Å². The van der Waals surface area contributed by atoms with Crippen molar-refractivity contribution in [3.05, 3.63) is 0 Å². The highest BCUT2D eigenvalue weighted by Crippen LogP contribution is 2.66. The second-order valence-electron chi connectivity index (χ2n) is 8.36. The van der Waals surface area contributed by atoms with E-state index < -0.39 is 28.2 Å². The SMILES string of the molecule is CCOC(=O)C1CCN(C(=O)C23CCC(C)(C(=O)OC2=O)C3(C)C)CC1. The average Bonchev–Trinajstić information content (AvgIpc) is 2.75. The van der Waals surface area contributed by atoms with E-state index in [0.717, 1.165) is 0 Å². The summed E-state index contributed by atoms with van der Waals surface area (Å²) in [7, 11) is 0. The van der Waals surface area contributed by atoms with Gasteiger partial charge < -0.3 is 14.4 Å². The second-order valence-corrected chi connectivity index (χ2v) is 8.36. The van der Waals surface area contributed by atoms with Gasteiger partial charge in [0.05, 0.1) is 17.9 Å². The predicted molar refractivity (Wildman–Crippen MR) is 90.6 cm³/mol. The van der Waals surface area contributed by atoms with E-state index in [2.05, 4.69) is 0 Å². The zero-order valence-corrected chi connectivity index (χ0v) is 15.9. The molecule has 3 rings (SSSR count). The fourth-order valence-electron chi connectivity index (χ4n) is 4.84. The van der Waals surface area contributed by atoms with Crippen LogP contribution < -0.4 is 0 Å².